The molecular weight excluding hydrogens is 474 g/mol. The SMILES string of the molecule is O=C(Nc1ccc(C(=O)N(CCN2CCOCC2)c2ccccc2)cc1)c1ccccc1-c1ccccc1. The van der Waals surface area contributed by atoms with Crippen molar-refractivity contribution in [2.75, 3.05) is 49.6 Å². The van der Waals surface area contributed by atoms with E-state index in [-0.39, 0.29) is 11.8 Å². The van der Waals surface area contributed by atoms with Crippen molar-refractivity contribution >= 4 is 23.2 Å². The van der Waals surface area contributed by atoms with Crippen LogP contribution in [-0.4, -0.2) is 56.1 Å². The third kappa shape index (κ3) is 6.17. The van der Waals surface area contributed by atoms with Crippen molar-refractivity contribution in [2.24, 2.45) is 0 Å². The quantitative estimate of drug-likeness (QED) is 0.339. The number of benzene rings is 4. The molecule has 4 aromatic rings. The van der Waals surface area contributed by atoms with Crippen molar-refractivity contribution in [2.45, 2.75) is 0 Å². The van der Waals surface area contributed by atoms with Gasteiger partial charge in [0.2, 0.25) is 0 Å². The van der Waals surface area contributed by atoms with Crippen LogP contribution in [0, 0.1) is 0 Å². The zero-order chi connectivity index (χ0) is 26.2. The van der Waals surface area contributed by atoms with Crippen LogP contribution in [0.4, 0.5) is 11.4 Å². The summed E-state index contributed by atoms with van der Waals surface area (Å²) in [6.07, 6.45) is 0. The second-order valence-corrected chi connectivity index (χ2v) is 9.19. The van der Waals surface area contributed by atoms with E-state index in [1.165, 1.54) is 0 Å². The number of morpholine rings is 1. The van der Waals surface area contributed by atoms with E-state index in [2.05, 4.69) is 10.2 Å². The summed E-state index contributed by atoms with van der Waals surface area (Å²) in [6, 6.07) is 34.2. The van der Waals surface area contributed by atoms with Crippen LogP contribution in [0.15, 0.2) is 109 Å². The molecule has 0 aromatic heterocycles. The molecule has 192 valence electrons. The van der Waals surface area contributed by atoms with Gasteiger partial charge in [0.25, 0.3) is 11.8 Å². The van der Waals surface area contributed by atoms with E-state index in [0.29, 0.717) is 23.4 Å². The lowest BCUT2D eigenvalue weighted by Gasteiger charge is -2.30. The molecule has 1 aliphatic rings. The van der Waals surface area contributed by atoms with E-state index in [4.69, 9.17) is 4.74 Å². The first kappa shape index (κ1) is 25.4. The van der Waals surface area contributed by atoms with Gasteiger partial charge >= 0.3 is 0 Å². The van der Waals surface area contributed by atoms with Crippen LogP contribution < -0.4 is 10.2 Å². The number of rotatable bonds is 8. The molecule has 0 aliphatic carbocycles. The van der Waals surface area contributed by atoms with Gasteiger partial charge in [0.05, 0.1) is 13.2 Å². The van der Waals surface area contributed by atoms with Gasteiger partial charge in [0.15, 0.2) is 0 Å². The predicted molar refractivity (Wildman–Crippen MR) is 152 cm³/mol. The van der Waals surface area contributed by atoms with Crippen molar-refractivity contribution in [3.8, 4) is 11.1 Å². The van der Waals surface area contributed by atoms with E-state index < -0.39 is 0 Å². The molecule has 0 spiro atoms. The van der Waals surface area contributed by atoms with Crippen LogP contribution in [0.25, 0.3) is 11.1 Å². The Labute approximate surface area is 223 Å². The fourth-order valence-electron chi connectivity index (χ4n) is 4.62. The Morgan fingerprint density at radius 2 is 1.39 bits per heavy atom. The molecule has 1 saturated heterocycles. The average molecular weight is 506 g/mol. The highest BCUT2D eigenvalue weighted by Crippen LogP contribution is 2.25. The zero-order valence-electron chi connectivity index (χ0n) is 21.3. The Kier molecular flexibility index (Phi) is 8.23. The highest BCUT2D eigenvalue weighted by Gasteiger charge is 2.20. The number of anilines is 2. The first-order chi connectivity index (χ1) is 18.7. The van der Waals surface area contributed by atoms with Crippen LogP contribution in [0.1, 0.15) is 20.7 Å². The standard InChI is InChI=1S/C32H31N3O3/c36-31(30-14-8-7-13-29(30)25-9-3-1-4-10-25)33-27-17-15-26(16-18-27)32(37)35(28-11-5-2-6-12-28)20-19-34-21-23-38-24-22-34/h1-18H,19-24H2,(H,33,36). The Hall–Kier alpha value is -4.26. The van der Waals surface area contributed by atoms with Gasteiger partial charge in [-0.15, -0.1) is 0 Å². The van der Waals surface area contributed by atoms with Gasteiger partial charge in [-0.25, -0.2) is 0 Å². The van der Waals surface area contributed by atoms with E-state index in [1.54, 1.807) is 24.3 Å². The van der Waals surface area contributed by atoms with Gasteiger partial charge in [-0.2, -0.15) is 0 Å². The van der Waals surface area contributed by atoms with Crippen molar-refractivity contribution in [3.63, 3.8) is 0 Å². The summed E-state index contributed by atoms with van der Waals surface area (Å²) in [6.45, 7) is 4.55. The first-order valence-electron chi connectivity index (χ1n) is 12.9. The molecule has 1 heterocycles. The van der Waals surface area contributed by atoms with Crippen molar-refractivity contribution in [1.29, 1.82) is 0 Å². The second-order valence-electron chi connectivity index (χ2n) is 9.19. The van der Waals surface area contributed by atoms with Crippen LogP contribution in [-0.2, 0) is 4.74 Å². The molecular formula is C32H31N3O3. The van der Waals surface area contributed by atoms with Gasteiger partial charge in [0.1, 0.15) is 0 Å². The highest BCUT2D eigenvalue weighted by atomic mass is 16.5. The number of para-hydroxylation sites is 1. The van der Waals surface area contributed by atoms with Crippen LogP contribution >= 0.6 is 0 Å². The largest absolute Gasteiger partial charge is 0.379 e. The number of carbonyl (C=O) groups is 2. The van der Waals surface area contributed by atoms with Crippen LogP contribution in [0.5, 0.6) is 0 Å². The minimum absolute atomic E-state index is 0.0724. The normalized spacial score (nSPS) is 13.6. The Balaban J connectivity index is 1.30. The van der Waals surface area contributed by atoms with Gasteiger partial charge in [-0.05, 0) is 53.6 Å². The topological polar surface area (TPSA) is 61.9 Å². The lowest BCUT2D eigenvalue weighted by molar-refractivity contribution is 0.0391. The minimum Gasteiger partial charge on any atom is -0.379 e. The van der Waals surface area contributed by atoms with Gasteiger partial charge in [-0.1, -0.05) is 66.7 Å². The van der Waals surface area contributed by atoms with Crippen molar-refractivity contribution < 1.29 is 14.3 Å². The highest BCUT2D eigenvalue weighted by molar-refractivity contribution is 6.09. The molecule has 0 radical (unpaired) electrons. The fourth-order valence-corrected chi connectivity index (χ4v) is 4.62. The number of hydrogen-bond donors (Lipinski definition) is 1. The third-order valence-electron chi connectivity index (χ3n) is 6.70. The van der Waals surface area contributed by atoms with Gasteiger partial charge < -0.3 is 15.0 Å². The molecule has 38 heavy (non-hydrogen) atoms. The lowest BCUT2D eigenvalue weighted by atomic mass is 9.99. The summed E-state index contributed by atoms with van der Waals surface area (Å²) in [5.74, 6) is -0.267. The van der Waals surface area contributed by atoms with Crippen molar-refractivity contribution in [1.82, 2.24) is 4.90 Å². The smallest absolute Gasteiger partial charge is 0.258 e. The summed E-state index contributed by atoms with van der Waals surface area (Å²) in [5.41, 5.74) is 4.51. The number of carbonyl (C=O) groups excluding carboxylic acids is 2. The molecule has 6 heteroatoms. The average Bonchev–Trinajstić information content (AvgIpc) is 2.99. The fraction of sp³-hybridized carbons (Fsp3) is 0.188. The Morgan fingerprint density at radius 3 is 2.11 bits per heavy atom. The molecule has 2 amide bonds. The molecule has 0 saturated carbocycles. The first-order valence-corrected chi connectivity index (χ1v) is 12.9. The minimum atomic E-state index is -0.194. The number of nitrogens with zero attached hydrogens (tertiary/aromatic N) is 2. The number of ether oxygens (including phenoxy) is 1. The molecule has 1 fully saturated rings. The predicted octanol–water partition coefficient (Wildman–Crippen LogP) is 5.58. The van der Waals surface area contributed by atoms with Crippen molar-refractivity contribution in [3.05, 3.63) is 120 Å². The molecule has 0 atom stereocenters. The molecule has 1 N–H and O–H groups in total. The van der Waals surface area contributed by atoms with E-state index in [9.17, 15) is 9.59 Å². The zero-order valence-corrected chi connectivity index (χ0v) is 21.3. The number of nitrogens with one attached hydrogen (secondary N) is 1. The van der Waals surface area contributed by atoms with Crippen LogP contribution in [0.3, 0.4) is 0 Å². The molecule has 0 unspecified atom stereocenters. The molecule has 1 aliphatic heterocycles. The molecule has 0 bridgehead atoms. The Morgan fingerprint density at radius 1 is 0.763 bits per heavy atom. The maximum Gasteiger partial charge on any atom is 0.258 e. The summed E-state index contributed by atoms with van der Waals surface area (Å²) < 4.78 is 5.45. The summed E-state index contributed by atoms with van der Waals surface area (Å²) in [5, 5.41) is 2.98. The summed E-state index contributed by atoms with van der Waals surface area (Å²) in [7, 11) is 0. The Bertz CT molecular complexity index is 1350. The molecule has 6 nitrogen and oxygen atoms in total. The van der Waals surface area contributed by atoms with Crippen LogP contribution in [0.2, 0.25) is 0 Å². The van der Waals surface area contributed by atoms with E-state index in [0.717, 1.165) is 49.7 Å². The maximum atomic E-state index is 13.6. The number of hydrogen-bond acceptors (Lipinski definition) is 4. The van der Waals surface area contributed by atoms with Gasteiger partial charge in [-0.3, -0.25) is 14.5 Å². The maximum absolute atomic E-state index is 13.6. The monoisotopic (exact) mass is 505 g/mol. The lowest BCUT2D eigenvalue weighted by Crippen LogP contribution is -2.43. The molecule has 4 aromatic carbocycles. The second kappa shape index (κ2) is 12.3. The van der Waals surface area contributed by atoms with E-state index >= 15 is 0 Å². The summed E-state index contributed by atoms with van der Waals surface area (Å²) in [4.78, 5) is 30.9. The molecule has 5 rings (SSSR count). The summed E-state index contributed by atoms with van der Waals surface area (Å²) >= 11 is 0. The van der Waals surface area contributed by atoms with Gasteiger partial charge in [0, 0.05) is 48.7 Å². The van der Waals surface area contributed by atoms with E-state index in [1.807, 2.05) is 89.8 Å². The third-order valence-corrected chi connectivity index (χ3v) is 6.70. The number of amides is 2.